The fourth-order valence-electron chi connectivity index (χ4n) is 2.46. The summed E-state index contributed by atoms with van der Waals surface area (Å²) in [4.78, 5) is 4.54. The van der Waals surface area contributed by atoms with E-state index in [4.69, 9.17) is 4.74 Å². The number of nitrogens with one attached hydrogen (secondary N) is 1. The summed E-state index contributed by atoms with van der Waals surface area (Å²) in [6.07, 6.45) is 3.18. The Morgan fingerprint density at radius 2 is 1.96 bits per heavy atom. The number of nitrogens with zero attached hydrogens (tertiary/aromatic N) is 1. The summed E-state index contributed by atoms with van der Waals surface area (Å²) in [7, 11) is -3.53. The number of sulfonamides is 1. The summed E-state index contributed by atoms with van der Waals surface area (Å²) in [5.74, 6) is 0.726. The average molecular weight is 348 g/mol. The van der Waals surface area contributed by atoms with Crippen LogP contribution in [-0.2, 0) is 16.4 Å². The maximum absolute atomic E-state index is 12.5. The van der Waals surface area contributed by atoms with Crippen molar-refractivity contribution in [2.24, 2.45) is 0 Å². The Kier molecular flexibility index (Phi) is 6.34. The second-order valence-electron chi connectivity index (χ2n) is 5.64. The van der Waals surface area contributed by atoms with Crippen LogP contribution in [0.5, 0.6) is 5.75 Å². The van der Waals surface area contributed by atoms with Crippen LogP contribution in [0, 0.1) is 13.8 Å². The minimum atomic E-state index is -3.53. The molecule has 0 aliphatic rings. The van der Waals surface area contributed by atoms with Gasteiger partial charge in [-0.05, 0) is 69.0 Å². The zero-order chi connectivity index (χ0) is 17.6. The first kappa shape index (κ1) is 18.4. The molecule has 2 rings (SSSR count). The van der Waals surface area contributed by atoms with Gasteiger partial charge in [-0.1, -0.05) is 6.07 Å². The maximum atomic E-state index is 12.5. The summed E-state index contributed by atoms with van der Waals surface area (Å²) < 4.78 is 33.2. The molecule has 1 heterocycles. The lowest BCUT2D eigenvalue weighted by Gasteiger charge is -2.13. The molecule has 1 aromatic carbocycles. The third kappa shape index (κ3) is 4.79. The average Bonchev–Trinajstić information content (AvgIpc) is 2.56. The summed E-state index contributed by atoms with van der Waals surface area (Å²) in [5.41, 5.74) is 2.46. The molecule has 0 aliphatic heterocycles. The first-order chi connectivity index (χ1) is 11.4. The molecule has 0 radical (unpaired) electrons. The molecule has 0 saturated carbocycles. The van der Waals surface area contributed by atoms with Crippen molar-refractivity contribution >= 4 is 10.0 Å². The molecule has 6 heteroatoms. The van der Waals surface area contributed by atoms with Gasteiger partial charge < -0.3 is 4.74 Å². The quantitative estimate of drug-likeness (QED) is 0.745. The van der Waals surface area contributed by atoms with Gasteiger partial charge in [0.2, 0.25) is 10.0 Å². The third-order valence-electron chi connectivity index (χ3n) is 3.69. The fourth-order valence-corrected chi connectivity index (χ4v) is 3.85. The Morgan fingerprint density at radius 1 is 1.17 bits per heavy atom. The Balaban J connectivity index is 2.01. The summed E-state index contributed by atoms with van der Waals surface area (Å²) >= 11 is 0. The molecular weight excluding hydrogens is 324 g/mol. The van der Waals surface area contributed by atoms with E-state index >= 15 is 0 Å². The Bertz CT molecular complexity index is 774. The van der Waals surface area contributed by atoms with Gasteiger partial charge in [0, 0.05) is 18.4 Å². The van der Waals surface area contributed by atoms with E-state index in [9.17, 15) is 8.42 Å². The van der Waals surface area contributed by atoms with Crippen molar-refractivity contribution in [3.05, 3.63) is 53.3 Å². The first-order valence-corrected chi connectivity index (χ1v) is 9.56. The number of hydrogen-bond donors (Lipinski definition) is 1. The summed E-state index contributed by atoms with van der Waals surface area (Å²) in [5, 5.41) is 0. The topological polar surface area (TPSA) is 68.3 Å². The van der Waals surface area contributed by atoms with E-state index in [1.54, 1.807) is 25.3 Å². The van der Waals surface area contributed by atoms with Gasteiger partial charge >= 0.3 is 0 Å². The van der Waals surface area contributed by atoms with Crippen molar-refractivity contribution in [1.29, 1.82) is 0 Å². The molecule has 5 nitrogen and oxygen atoms in total. The van der Waals surface area contributed by atoms with Crippen LogP contribution in [0.4, 0.5) is 0 Å². The van der Waals surface area contributed by atoms with Gasteiger partial charge in [-0.15, -0.1) is 0 Å². The van der Waals surface area contributed by atoms with Crippen LogP contribution >= 0.6 is 0 Å². The summed E-state index contributed by atoms with van der Waals surface area (Å²) in [6, 6.07) is 9.18. The van der Waals surface area contributed by atoms with Crippen LogP contribution in [0.1, 0.15) is 30.2 Å². The largest absolute Gasteiger partial charge is 0.494 e. The van der Waals surface area contributed by atoms with E-state index in [1.165, 1.54) is 0 Å². The van der Waals surface area contributed by atoms with Crippen LogP contribution in [-0.4, -0.2) is 26.6 Å². The van der Waals surface area contributed by atoms with Crippen molar-refractivity contribution < 1.29 is 13.2 Å². The van der Waals surface area contributed by atoms with Gasteiger partial charge in [-0.25, -0.2) is 13.1 Å². The van der Waals surface area contributed by atoms with E-state index in [1.807, 2.05) is 32.0 Å². The minimum absolute atomic E-state index is 0.307. The lowest BCUT2D eigenvalue weighted by atomic mass is 10.1. The van der Waals surface area contributed by atoms with E-state index in [0.29, 0.717) is 30.0 Å². The number of ether oxygens (including phenoxy) is 1. The zero-order valence-corrected chi connectivity index (χ0v) is 15.2. The van der Waals surface area contributed by atoms with E-state index < -0.39 is 10.0 Å². The molecule has 1 N–H and O–H groups in total. The number of pyridine rings is 1. The molecule has 0 aliphatic carbocycles. The molecule has 0 atom stereocenters. The third-order valence-corrected chi connectivity index (χ3v) is 5.29. The van der Waals surface area contributed by atoms with E-state index in [2.05, 4.69) is 9.71 Å². The second kappa shape index (κ2) is 8.26. The molecule has 130 valence electrons. The number of rotatable bonds is 8. The molecule has 0 unspecified atom stereocenters. The molecular formula is C18H24N2O3S. The molecule has 0 bridgehead atoms. The van der Waals surface area contributed by atoms with E-state index in [-0.39, 0.29) is 0 Å². The Labute approximate surface area is 144 Å². The lowest BCUT2D eigenvalue weighted by molar-refractivity contribution is 0.337. The maximum Gasteiger partial charge on any atom is 0.240 e. The van der Waals surface area contributed by atoms with Gasteiger partial charge in [-0.2, -0.15) is 0 Å². The van der Waals surface area contributed by atoms with Crippen LogP contribution in [0.15, 0.2) is 41.4 Å². The van der Waals surface area contributed by atoms with Crippen LogP contribution in [0.2, 0.25) is 0 Å². The second-order valence-corrected chi connectivity index (χ2v) is 7.37. The normalized spacial score (nSPS) is 11.5. The van der Waals surface area contributed by atoms with Gasteiger partial charge in [-0.3, -0.25) is 4.98 Å². The highest BCUT2D eigenvalue weighted by Crippen LogP contribution is 2.25. The highest BCUT2D eigenvalue weighted by atomic mass is 32.2. The zero-order valence-electron chi connectivity index (χ0n) is 14.4. The smallest absolute Gasteiger partial charge is 0.240 e. The molecule has 0 amide bonds. The SMILES string of the molecule is CCOc1cc(C)c(S(=O)(=O)NCCCc2ccccn2)cc1C. The van der Waals surface area contributed by atoms with Crippen LogP contribution in [0.3, 0.4) is 0 Å². The van der Waals surface area contributed by atoms with Gasteiger partial charge in [0.05, 0.1) is 11.5 Å². The van der Waals surface area contributed by atoms with Crippen molar-refractivity contribution in [2.75, 3.05) is 13.2 Å². The van der Waals surface area contributed by atoms with Crippen molar-refractivity contribution in [3.63, 3.8) is 0 Å². The predicted octanol–water partition coefficient (Wildman–Crippen LogP) is 3.01. The molecule has 0 saturated heterocycles. The highest BCUT2D eigenvalue weighted by Gasteiger charge is 2.18. The number of hydrogen-bond acceptors (Lipinski definition) is 4. The molecule has 1 aromatic heterocycles. The molecule has 0 fully saturated rings. The van der Waals surface area contributed by atoms with Crippen molar-refractivity contribution in [2.45, 2.75) is 38.5 Å². The monoisotopic (exact) mass is 348 g/mol. The van der Waals surface area contributed by atoms with Gasteiger partial charge in [0.25, 0.3) is 0 Å². The lowest BCUT2D eigenvalue weighted by Crippen LogP contribution is -2.26. The van der Waals surface area contributed by atoms with E-state index in [0.717, 1.165) is 23.4 Å². The van der Waals surface area contributed by atoms with Crippen molar-refractivity contribution in [3.8, 4) is 5.75 Å². The minimum Gasteiger partial charge on any atom is -0.494 e. The predicted molar refractivity (Wildman–Crippen MR) is 94.8 cm³/mol. The fraction of sp³-hybridized carbons (Fsp3) is 0.389. The first-order valence-electron chi connectivity index (χ1n) is 8.07. The molecule has 2 aromatic rings. The standard InChI is InChI=1S/C18H24N2O3S/c1-4-23-17-12-15(3)18(13-14(17)2)24(21,22)20-11-7-9-16-8-5-6-10-19-16/h5-6,8,10,12-13,20H,4,7,9,11H2,1-3H3. The van der Waals surface area contributed by atoms with Crippen LogP contribution in [0.25, 0.3) is 0 Å². The number of aromatic nitrogens is 1. The molecule has 0 spiro atoms. The van der Waals surface area contributed by atoms with Crippen LogP contribution < -0.4 is 9.46 Å². The Morgan fingerprint density at radius 3 is 2.62 bits per heavy atom. The highest BCUT2D eigenvalue weighted by molar-refractivity contribution is 7.89. The Hall–Kier alpha value is -1.92. The number of benzene rings is 1. The van der Waals surface area contributed by atoms with Crippen molar-refractivity contribution in [1.82, 2.24) is 9.71 Å². The summed E-state index contributed by atoms with van der Waals surface area (Å²) in [6.45, 7) is 6.47. The number of aryl methyl sites for hydroxylation is 3. The van der Waals surface area contributed by atoms with Gasteiger partial charge in [0.15, 0.2) is 0 Å². The van der Waals surface area contributed by atoms with Gasteiger partial charge in [0.1, 0.15) is 5.75 Å². The molecule has 24 heavy (non-hydrogen) atoms.